The highest BCUT2D eigenvalue weighted by Crippen LogP contribution is 2.20. The van der Waals surface area contributed by atoms with Crippen molar-refractivity contribution in [1.82, 2.24) is 20.2 Å². The van der Waals surface area contributed by atoms with E-state index in [1.54, 1.807) is 0 Å². The van der Waals surface area contributed by atoms with Crippen LogP contribution in [0.5, 0.6) is 0 Å². The van der Waals surface area contributed by atoms with Crippen LogP contribution < -0.4 is 10.6 Å². The number of fused-ring (bicyclic) bond motifs is 1. The second kappa shape index (κ2) is 11.0. The molecule has 1 saturated heterocycles. The largest absolute Gasteiger partial charge is 0.388 e. The van der Waals surface area contributed by atoms with Crippen molar-refractivity contribution < 1.29 is 9.84 Å². The van der Waals surface area contributed by atoms with E-state index >= 15 is 0 Å². The van der Waals surface area contributed by atoms with E-state index in [1.807, 2.05) is 26.0 Å². The molecule has 1 aliphatic heterocycles. The van der Waals surface area contributed by atoms with Crippen LogP contribution >= 0.6 is 24.0 Å². The van der Waals surface area contributed by atoms with Gasteiger partial charge in [-0.15, -0.1) is 24.0 Å². The Morgan fingerprint density at radius 3 is 2.79 bits per heavy atom. The van der Waals surface area contributed by atoms with Crippen LogP contribution in [0, 0.1) is 6.92 Å². The number of nitrogens with one attached hydrogen (secondary N) is 2. The van der Waals surface area contributed by atoms with Crippen LogP contribution in [0.4, 0.5) is 0 Å². The van der Waals surface area contributed by atoms with Gasteiger partial charge < -0.3 is 25.0 Å². The zero-order valence-electron chi connectivity index (χ0n) is 16.8. The second-order valence-electron chi connectivity index (χ2n) is 7.11. The Morgan fingerprint density at radius 2 is 2.04 bits per heavy atom. The van der Waals surface area contributed by atoms with E-state index in [2.05, 4.69) is 37.3 Å². The normalized spacial score (nSPS) is 16.6. The van der Waals surface area contributed by atoms with E-state index < -0.39 is 5.60 Å². The number of rotatable bonds is 7. The lowest BCUT2D eigenvalue weighted by Crippen LogP contribution is -2.42. The lowest BCUT2D eigenvalue weighted by Gasteiger charge is -2.30. The first kappa shape index (κ1) is 22.9. The van der Waals surface area contributed by atoms with Gasteiger partial charge in [0, 0.05) is 45.7 Å². The molecule has 3 N–H and O–H groups in total. The summed E-state index contributed by atoms with van der Waals surface area (Å²) >= 11 is 0. The zero-order valence-corrected chi connectivity index (χ0v) is 19.1. The molecule has 2 heterocycles. The zero-order chi connectivity index (χ0) is 19.1. The SMILES string of the molecule is CCNC(=NCC1(O)CCOCC1)NCCCn1c(C)nc2ccccc21.I. The molecule has 0 saturated carbocycles. The van der Waals surface area contributed by atoms with E-state index in [9.17, 15) is 5.11 Å². The topological polar surface area (TPSA) is 83.7 Å². The van der Waals surface area contributed by atoms with Crippen LogP contribution in [0.25, 0.3) is 11.0 Å². The fourth-order valence-electron chi connectivity index (χ4n) is 3.40. The van der Waals surface area contributed by atoms with Gasteiger partial charge >= 0.3 is 0 Å². The van der Waals surface area contributed by atoms with E-state index in [-0.39, 0.29) is 24.0 Å². The van der Waals surface area contributed by atoms with Crippen molar-refractivity contribution in [2.24, 2.45) is 4.99 Å². The minimum Gasteiger partial charge on any atom is -0.388 e. The number of benzene rings is 1. The number of hydrogen-bond acceptors (Lipinski definition) is 4. The third-order valence-electron chi connectivity index (χ3n) is 5.00. The summed E-state index contributed by atoms with van der Waals surface area (Å²) in [7, 11) is 0. The fraction of sp³-hybridized carbons (Fsp3) is 0.600. The molecule has 0 bridgehead atoms. The lowest BCUT2D eigenvalue weighted by molar-refractivity contribution is -0.0565. The maximum atomic E-state index is 10.6. The van der Waals surface area contributed by atoms with Crippen LogP contribution in [0.15, 0.2) is 29.3 Å². The molecular formula is C20H32IN5O2. The smallest absolute Gasteiger partial charge is 0.191 e. The summed E-state index contributed by atoms with van der Waals surface area (Å²) in [5.41, 5.74) is 1.48. The highest BCUT2D eigenvalue weighted by Gasteiger charge is 2.29. The Balaban J connectivity index is 0.00000280. The Kier molecular flexibility index (Phi) is 8.97. The highest BCUT2D eigenvalue weighted by atomic mass is 127. The van der Waals surface area contributed by atoms with Crippen LogP contribution in [-0.2, 0) is 11.3 Å². The standard InChI is InChI=1S/C20H31N5O2.HI/c1-3-21-19(23-15-20(26)9-13-27-14-10-20)22-11-6-12-25-16(2)24-17-7-4-5-8-18(17)25;/h4-5,7-8,26H,3,6,9-15H2,1-2H3,(H2,21,22,23);1H. The molecule has 3 rings (SSSR count). The summed E-state index contributed by atoms with van der Waals surface area (Å²) in [6, 6.07) is 8.23. The number of halogens is 1. The quantitative estimate of drug-likeness (QED) is 0.235. The van der Waals surface area contributed by atoms with Gasteiger partial charge in [0.2, 0.25) is 0 Å². The molecule has 1 aliphatic rings. The molecule has 0 unspecified atom stereocenters. The average Bonchev–Trinajstić information content (AvgIpc) is 2.99. The van der Waals surface area contributed by atoms with Crippen molar-refractivity contribution in [2.45, 2.75) is 45.3 Å². The van der Waals surface area contributed by atoms with Gasteiger partial charge in [-0.05, 0) is 32.4 Å². The van der Waals surface area contributed by atoms with Crippen molar-refractivity contribution in [2.75, 3.05) is 32.8 Å². The lowest BCUT2D eigenvalue weighted by atomic mass is 9.95. The number of hydrogen-bond donors (Lipinski definition) is 3. The van der Waals surface area contributed by atoms with Gasteiger partial charge in [0.1, 0.15) is 5.82 Å². The molecule has 1 fully saturated rings. The van der Waals surface area contributed by atoms with Gasteiger partial charge in [-0.3, -0.25) is 4.99 Å². The predicted molar refractivity (Wildman–Crippen MR) is 123 cm³/mol. The molecule has 1 aromatic heterocycles. The Bertz CT molecular complexity index is 771. The molecule has 0 atom stereocenters. The Labute approximate surface area is 184 Å². The van der Waals surface area contributed by atoms with Crippen molar-refractivity contribution in [3.63, 3.8) is 0 Å². The number of aliphatic hydroxyl groups is 1. The number of aliphatic imine (C=N–C) groups is 1. The number of guanidine groups is 1. The predicted octanol–water partition coefficient (Wildman–Crippen LogP) is 2.45. The Hall–Kier alpha value is -1.39. The summed E-state index contributed by atoms with van der Waals surface area (Å²) in [5.74, 6) is 1.79. The summed E-state index contributed by atoms with van der Waals surface area (Å²) < 4.78 is 7.58. The molecule has 156 valence electrons. The highest BCUT2D eigenvalue weighted by molar-refractivity contribution is 14.0. The van der Waals surface area contributed by atoms with Crippen LogP contribution in [0.1, 0.15) is 32.0 Å². The van der Waals surface area contributed by atoms with Crippen molar-refractivity contribution in [1.29, 1.82) is 0 Å². The average molecular weight is 501 g/mol. The van der Waals surface area contributed by atoms with Crippen molar-refractivity contribution in [3.05, 3.63) is 30.1 Å². The second-order valence-corrected chi connectivity index (χ2v) is 7.11. The number of aryl methyl sites for hydroxylation is 2. The minimum absolute atomic E-state index is 0. The van der Waals surface area contributed by atoms with Crippen molar-refractivity contribution in [3.8, 4) is 0 Å². The first-order valence-electron chi connectivity index (χ1n) is 9.85. The fourth-order valence-corrected chi connectivity index (χ4v) is 3.40. The minimum atomic E-state index is -0.743. The number of ether oxygens (including phenoxy) is 1. The molecule has 0 radical (unpaired) electrons. The molecule has 0 aliphatic carbocycles. The maximum Gasteiger partial charge on any atom is 0.191 e. The first-order valence-corrected chi connectivity index (χ1v) is 9.85. The van der Waals surface area contributed by atoms with Gasteiger partial charge in [0.15, 0.2) is 5.96 Å². The summed E-state index contributed by atoms with van der Waals surface area (Å²) in [6.45, 7) is 8.20. The molecule has 28 heavy (non-hydrogen) atoms. The Morgan fingerprint density at radius 1 is 1.29 bits per heavy atom. The van der Waals surface area contributed by atoms with Crippen molar-refractivity contribution >= 4 is 41.0 Å². The van der Waals surface area contributed by atoms with E-state index in [1.165, 1.54) is 5.52 Å². The monoisotopic (exact) mass is 501 g/mol. The molecule has 0 amide bonds. The molecule has 2 aromatic rings. The molecule has 7 nitrogen and oxygen atoms in total. The number of imidazole rings is 1. The molecule has 0 spiro atoms. The maximum absolute atomic E-state index is 10.6. The molecular weight excluding hydrogens is 469 g/mol. The number of aromatic nitrogens is 2. The number of para-hydroxylation sites is 2. The van der Waals surface area contributed by atoms with Gasteiger partial charge in [-0.2, -0.15) is 0 Å². The molecule has 1 aromatic carbocycles. The third kappa shape index (κ3) is 6.05. The van der Waals surface area contributed by atoms with E-state index in [0.29, 0.717) is 32.6 Å². The van der Waals surface area contributed by atoms with Gasteiger partial charge in [-0.1, -0.05) is 12.1 Å². The van der Waals surface area contributed by atoms with Gasteiger partial charge in [0.25, 0.3) is 0 Å². The first-order chi connectivity index (χ1) is 13.1. The third-order valence-corrected chi connectivity index (χ3v) is 5.00. The van der Waals surface area contributed by atoms with E-state index in [0.717, 1.165) is 43.4 Å². The van der Waals surface area contributed by atoms with Crippen LogP contribution in [0.3, 0.4) is 0 Å². The van der Waals surface area contributed by atoms with Gasteiger partial charge in [-0.25, -0.2) is 4.98 Å². The summed E-state index contributed by atoms with van der Waals surface area (Å²) in [5, 5.41) is 17.2. The summed E-state index contributed by atoms with van der Waals surface area (Å²) in [4.78, 5) is 9.19. The van der Waals surface area contributed by atoms with E-state index in [4.69, 9.17) is 4.74 Å². The van der Waals surface area contributed by atoms with Crippen LogP contribution in [-0.4, -0.2) is 59.1 Å². The number of nitrogens with zero attached hydrogens (tertiary/aromatic N) is 3. The molecule has 8 heteroatoms. The summed E-state index contributed by atoms with van der Waals surface area (Å²) in [6.07, 6.45) is 2.25. The van der Waals surface area contributed by atoms with Crippen LogP contribution in [0.2, 0.25) is 0 Å². The van der Waals surface area contributed by atoms with Gasteiger partial charge in [0.05, 0.1) is 23.2 Å².